The number of hydrogen-bond donors (Lipinski definition) is 1. The van der Waals surface area contributed by atoms with Gasteiger partial charge in [0, 0.05) is 17.8 Å². The normalized spacial score (nSPS) is 20.3. The van der Waals surface area contributed by atoms with Gasteiger partial charge in [0.1, 0.15) is 6.61 Å². The second-order valence-corrected chi connectivity index (χ2v) is 9.46. The smallest absolute Gasteiger partial charge is 0.180 e. The number of methoxy groups -OCH3 is 1. The number of anilines is 1. The molecular weight excluding hydrogens is 456 g/mol. The van der Waals surface area contributed by atoms with Gasteiger partial charge in [0.05, 0.1) is 23.9 Å². The van der Waals surface area contributed by atoms with Crippen molar-refractivity contribution >= 4 is 29.2 Å². The van der Waals surface area contributed by atoms with Crippen LogP contribution in [0.3, 0.4) is 0 Å². The van der Waals surface area contributed by atoms with E-state index in [1.165, 1.54) is 22.4 Å². The van der Waals surface area contributed by atoms with Crippen molar-refractivity contribution in [2.24, 2.45) is 10.9 Å². The molecule has 3 atom stereocenters. The molecule has 35 heavy (non-hydrogen) atoms. The summed E-state index contributed by atoms with van der Waals surface area (Å²) in [5.41, 5.74) is 6.95. The molecule has 1 heterocycles. The van der Waals surface area contributed by atoms with E-state index in [4.69, 9.17) is 21.1 Å². The molecule has 178 valence electrons. The van der Waals surface area contributed by atoms with Crippen molar-refractivity contribution in [2.75, 3.05) is 19.0 Å². The second-order valence-electron chi connectivity index (χ2n) is 9.05. The number of fused-ring (bicyclic) bond motifs is 3. The number of hydrogen-bond acceptors (Lipinski definition) is 4. The fraction of sp³-hybridized carbons (Fsp3) is 0.233. The molecule has 0 aromatic heterocycles. The van der Waals surface area contributed by atoms with Crippen LogP contribution in [0.15, 0.2) is 84.4 Å². The van der Waals surface area contributed by atoms with Crippen LogP contribution in [-0.4, -0.2) is 19.9 Å². The predicted molar refractivity (Wildman–Crippen MR) is 145 cm³/mol. The molecular formula is C30H29ClN2O2. The molecule has 0 amide bonds. The summed E-state index contributed by atoms with van der Waals surface area (Å²) in [6.07, 6.45) is 9.25. The molecule has 0 bridgehead atoms. The van der Waals surface area contributed by atoms with Crippen LogP contribution >= 0.6 is 11.6 Å². The summed E-state index contributed by atoms with van der Waals surface area (Å²) in [5.74, 6) is 2.06. The molecule has 0 fully saturated rings. The minimum Gasteiger partial charge on any atom is -0.493 e. The van der Waals surface area contributed by atoms with Gasteiger partial charge in [-0.1, -0.05) is 66.2 Å². The van der Waals surface area contributed by atoms with E-state index in [1.54, 1.807) is 19.4 Å². The van der Waals surface area contributed by atoms with Gasteiger partial charge < -0.3 is 14.8 Å². The Morgan fingerprint density at radius 1 is 1.14 bits per heavy atom. The second kappa shape index (κ2) is 10.0. The van der Waals surface area contributed by atoms with Gasteiger partial charge in [-0.25, -0.2) is 0 Å². The largest absolute Gasteiger partial charge is 0.493 e. The van der Waals surface area contributed by atoms with Crippen molar-refractivity contribution in [1.29, 1.82) is 0 Å². The van der Waals surface area contributed by atoms with E-state index in [2.05, 4.69) is 78.4 Å². The Balaban J connectivity index is 1.35. The van der Waals surface area contributed by atoms with E-state index >= 15 is 0 Å². The van der Waals surface area contributed by atoms with Gasteiger partial charge in [-0.15, -0.1) is 0 Å². The SMILES string of the molecule is C=CCOc1c(Cl)cc(C=Nc2ccc([C@@H]3Nc4ccc(C)cc4[C@H]4C=CC[C@@H]43)cc2)cc1OC. The number of aryl methyl sites for hydroxylation is 1. The Kier molecular flexibility index (Phi) is 6.65. The Hall–Kier alpha value is -3.50. The summed E-state index contributed by atoms with van der Waals surface area (Å²) < 4.78 is 11.1. The van der Waals surface area contributed by atoms with Crippen molar-refractivity contribution in [3.8, 4) is 11.5 Å². The van der Waals surface area contributed by atoms with Gasteiger partial charge >= 0.3 is 0 Å². The maximum absolute atomic E-state index is 6.41. The number of benzene rings is 3. The van der Waals surface area contributed by atoms with E-state index in [0.717, 1.165) is 17.7 Å². The van der Waals surface area contributed by atoms with Gasteiger partial charge in [0.15, 0.2) is 11.5 Å². The fourth-order valence-corrected chi connectivity index (χ4v) is 5.33. The highest BCUT2D eigenvalue weighted by Crippen LogP contribution is 2.50. The van der Waals surface area contributed by atoms with Crippen molar-refractivity contribution in [1.82, 2.24) is 0 Å². The molecule has 3 aromatic rings. The monoisotopic (exact) mass is 484 g/mol. The molecule has 4 nitrogen and oxygen atoms in total. The zero-order chi connectivity index (χ0) is 24.4. The van der Waals surface area contributed by atoms with E-state index in [9.17, 15) is 0 Å². The van der Waals surface area contributed by atoms with Crippen LogP contribution in [0, 0.1) is 12.8 Å². The molecule has 5 heteroatoms. The number of nitrogens with one attached hydrogen (secondary N) is 1. The molecule has 1 N–H and O–H groups in total. The van der Waals surface area contributed by atoms with Gasteiger partial charge in [0.2, 0.25) is 0 Å². The summed E-state index contributed by atoms with van der Waals surface area (Å²) in [7, 11) is 1.59. The van der Waals surface area contributed by atoms with Crippen LogP contribution in [-0.2, 0) is 0 Å². The molecule has 0 unspecified atom stereocenters. The van der Waals surface area contributed by atoms with E-state index < -0.39 is 0 Å². The van der Waals surface area contributed by atoms with E-state index in [0.29, 0.717) is 35.0 Å². The first-order valence-electron chi connectivity index (χ1n) is 11.9. The third kappa shape index (κ3) is 4.71. The maximum Gasteiger partial charge on any atom is 0.180 e. The highest BCUT2D eigenvalue weighted by molar-refractivity contribution is 6.32. The third-order valence-corrected chi connectivity index (χ3v) is 7.01. The van der Waals surface area contributed by atoms with Crippen LogP contribution in [0.4, 0.5) is 11.4 Å². The number of rotatable bonds is 7. The summed E-state index contributed by atoms with van der Waals surface area (Å²) >= 11 is 6.41. The fourth-order valence-electron chi connectivity index (χ4n) is 5.06. The van der Waals surface area contributed by atoms with Crippen LogP contribution in [0.5, 0.6) is 11.5 Å². The lowest BCUT2D eigenvalue weighted by molar-refractivity contribution is 0.326. The average Bonchev–Trinajstić information content (AvgIpc) is 3.37. The third-order valence-electron chi connectivity index (χ3n) is 6.73. The summed E-state index contributed by atoms with van der Waals surface area (Å²) in [6, 6.07) is 19.2. The van der Waals surface area contributed by atoms with Crippen LogP contribution < -0.4 is 14.8 Å². The van der Waals surface area contributed by atoms with Crippen molar-refractivity contribution in [3.05, 3.63) is 107 Å². The summed E-state index contributed by atoms with van der Waals surface area (Å²) in [4.78, 5) is 4.65. The number of aliphatic imine (C=N–C) groups is 1. The van der Waals surface area contributed by atoms with Crippen molar-refractivity contribution in [3.63, 3.8) is 0 Å². The van der Waals surface area contributed by atoms with Crippen LogP contribution in [0.25, 0.3) is 0 Å². The van der Waals surface area contributed by atoms with Gasteiger partial charge in [-0.05, 0) is 66.3 Å². The summed E-state index contributed by atoms with van der Waals surface area (Å²) in [5, 5.41) is 4.28. The van der Waals surface area contributed by atoms with Crippen LogP contribution in [0.2, 0.25) is 5.02 Å². The molecule has 1 aliphatic carbocycles. The maximum atomic E-state index is 6.41. The molecule has 2 aliphatic rings. The first-order chi connectivity index (χ1) is 17.1. The number of nitrogens with zero attached hydrogens (tertiary/aromatic N) is 1. The topological polar surface area (TPSA) is 42.8 Å². The van der Waals surface area contributed by atoms with E-state index in [1.807, 2.05) is 12.1 Å². The lowest BCUT2D eigenvalue weighted by atomic mass is 9.76. The van der Waals surface area contributed by atoms with E-state index in [-0.39, 0.29) is 6.04 Å². The highest BCUT2D eigenvalue weighted by Gasteiger charge is 2.37. The summed E-state index contributed by atoms with van der Waals surface area (Å²) in [6.45, 7) is 6.19. The van der Waals surface area contributed by atoms with Crippen molar-refractivity contribution in [2.45, 2.75) is 25.3 Å². The average molecular weight is 485 g/mol. The molecule has 0 saturated carbocycles. The Morgan fingerprint density at radius 3 is 2.74 bits per heavy atom. The molecule has 1 aliphatic heterocycles. The predicted octanol–water partition coefficient (Wildman–Crippen LogP) is 7.80. The molecule has 3 aromatic carbocycles. The standard InChI is InChI=1S/C30H29ClN2O2/c1-4-14-35-30-26(31)16-20(17-28(30)34-3)18-32-22-11-9-21(10-12-22)29-24-7-5-6-23(24)25-15-19(2)8-13-27(25)33-29/h4-6,8-13,15-18,23-24,29,33H,1,7,14H2,2-3H3/t23-,24-,29-/m0/s1. The minimum atomic E-state index is 0.273. The number of ether oxygens (including phenoxy) is 2. The first-order valence-corrected chi connectivity index (χ1v) is 12.2. The molecule has 0 radical (unpaired) electrons. The van der Waals surface area contributed by atoms with Gasteiger partial charge in [-0.3, -0.25) is 4.99 Å². The van der Waals surface area contributed by atoms with Crippen LogP contribution in [0.1, 0.15) is 40.6 Å². The molecule has 0 saturated heterocycles. The zero-order valence-corrected chi connectivity index (χ0v) is 20.8. The number of halogens is 1. The Bertz CT molecular complexity index is 1300. The first kappa shape index (κ1) is 23.3. The minimum absolute atomic E-state index is 0.273. The number of allylic oxidation sites excluding steroid dienone is 2. The molecule has 0 spiro atoms. The highest BCUT2D eigenvalue weighted by atomic mass is 35.5. The Labute approximate surface area is 212 Å². The molecule has 5 rings (SSSR count). The van der Waals surface area contributed by atoms with Crippen molar-refractivity contribution < 1.29 is 9.47 Å². The zero-order valence-electron chi connectivity index (χ0n) is 20.0. The van der Waals surface area contributed by atoms with Gasteiger partial charge in [-0.2, -0.15) is 0 Å². The Morgan fingerprint density at radius 2 is 1.97 bits per heavy atom. The lowest BCUT2D eigenvalue weighted by Crippen LogP contribution is -2.29. The van der Waals surface area contributed by atoms with Gasteiger partial charge in [0.25, 0.3) is 0 Å². The lowest BCUT2D eigenvalue weighted by Gasteiger charge is -2.37. The quantitative estimate of drug-likeness (QED) is 0.275.